The van der Waals surface area contributed by atoms with Gasteiger partial charge in [-0.15, -0.1) is 0 Å². The molecule has 1 heterocycles. The van der Waals surface area contributed by atoms with Gasteiger partial charge in [0.05, 0.1) is 5.75 Å². The van der Waals surface area contributed by atoms with Crippen molar-refractivity contribution in [2.45, 2.75) is 24.8 Å². The topological polar surface area (TPSA) is 59.1 Å². The molecule has 94 valence electrons. The molecule has 17 heavy (non-hydrogen) atoms. The monoisotopic (exact) mass is 254 g/mol. The summed E-state index contributed by atoms with van der Waals surface area (Å²) < 4.78 is 22.8. The zero-order chi connectivity index (χ0) is 12.5. The molecule has 0 radical (unpaired) electrons. The highest BCUT2D eigenvalue weighted by molar-refractivity contribution is 7.90. The third-order valence-electron chi connectivity index (χ3n) is 3.34. The van der Waals surface area contributed by atoms with Gasteiger partial charge in [0.1, 0.15) is 9.84 Å². The zero-order valence-electron chi connectivity index (χ0n) is 10.2. The van der Waals surface area contributed by atoms with Gasteiger partial charge >= 0.3 is 0 Å². The molecule has 1 N–H and O–H groups in total. The Morgan fingerprint density at radius 1 is 1.59 bits per heavy atom. The molecule has 0 aliphatic heterocycles. The summed E-state index contributed by atoms with van der Waals surface area (Å²) in [4.78, 5) is 4.40. The van der Waals surface area contributed by atoms with Crippen LogP contribution >= 0.6 is 0 Å². The van der Waals surface area contributed by atoms with Gasteiger partial charge in [-0.2, -0.15) is 0 Å². The van der Waals surface area contributed by atoms with Crippen LogP contribution in [0.15, 0.2) is 18.3 Å². The molecule has 1 aliphatic rings. The minimum atomic E-state index is -2.97. The van der Waals surface area contributed by atoms with Gasteiger partial charge in [-0.25, -0.2) is 8.42 Å². The van der Waals surface area contributed by atoms with Crippen molar-refractivity contribution >= 4 is 9.84 Å². The predicted molar refractivity (Wildman–Crippen MR) is 67.9 cm³/mol. The molecule has 0 spiro atoms. The SMILES string of the molecule is CNC(CS(C)(=O)=O)C1CCc2cccnc21. The fourth-order valence-electron chi connectivity index (χ4n) is 2.56. The Morgan fingerprint density at radius 3 is 3.00 bits per heavy atom. The van der Waals surface area contributed by atoms with Gasteiger partial charge in [0, 0.05) is 30.1 Å². The number of hydrogen-bond donors (Lipinski definition) is 1. The number of aromatic nitrogens is 1. The average molecular weight is 254 g/mol. The van der Waals surface area contributed by atoms with Crippen LogP contribution in [-0.2, 0) is 16.3 Å². The number of nitrogens with one attached hydrogen (secondary N) is 1. The quantitative estimate of drug-likeness (QED) is 0.861. The number of hydrogen-bond acceptors (Lipinski definition) is 4. The smallest absolute Gasteiger partial charge is 0.149 e. The van der Waals surface area contributed by atoms with Crippen LogP contribution in [0.3, 0.4) is 0 Å². The molecule has 1 aromatic heterocycles. The van der Waals surface area contributed by atoms with Crippen LogP contribution in [0.25, 0.3) is 0 Å². The molecule has 4 nitrogen and oxygen atoms in total. The molecule has 0 aromatic carbocycles. The van der Waals surface area contributed by atoms with E-state index in [0.717, 1.165) is 18.5 Å². The Bertz CT molecular complexity index is 499. The van der Waals surface area contributed by atoms with Crippen LogP contribution in [0.2, 0.25) is 0 Å². The fourth-order valence-corrected chi connectivity index (χ4v) is 3.61. The number of likely N-dealkylation sites (N-methyl/N-ethyl adjacent to an activating group) is 1. The maximum atomic E-state index is 11.4. The third-order valence-corrected chi connectivity index (χ3v) is 4.31. The van der Waals surface area contributed by atoms with Crippen molar-refractivity contribution in [2.75, 3.05) is 19.1 Å². The van der Waals surface area contributed by atoms with Crippen LogP contribution in [-0.4, -0.2) is 38.5 Å². The second-order valence-electron chi connectivity index (χ2n) is 4.68. The summed E-state index contributed by atoms with van der Waals surface area (Å²) in [6, 6.07) is 3.97. The Labute approximate surface area is 102 Å². The lowest BCUT2D eigenvalue weighted by atomic mass is 9.98. The van der Waals surface area contributed by atoms with Crippen molar-refractivity contribution < 1.29 is 8.42 Å². The van der Waals surface area contributed by atoms with Gasteiger partial charge in [-0.1, -0.05) is 6.07 Å². The van der Waals surface area contributed by atoms with E-state index in [9.17, 15) is 8.42 Å². The predicted octanol–water partition coefficient (Wildman–Crippen LogP) is 0.744. The molecule has 0 saturated carbocycles. The molecule has 2 unspecified atom stereocenters. The maximum Gasteiger partial charge on any atom is 0.149 e. The lowest BCUT2D eigenvalue weighted by Gasteiger charge is -2.22. The summed E-state index contributed by atoms with van der Waals surface area (Å²) in [5.41, 5.74) is 2.32. The highest BCUT2D eigenvalue weighted by atomic mass is 32.2. The number of rotatable bonds is 4. The molecule has 0 amide bonds. The van der Waals surface area contributed by atoms with Crippen molar-refractivity contribution in [2.24, 2.45) is 0 Å². The Morgan fingerprint density at radius 2 is 2.35 bits per heavy atom. The first-order valence-corrected chi connectivity index (χ1v) is 7.86. The summed E-state index contributed by atoms with van der Waals surface area (Å²) in [6.07, 6.45) is 5.04. The lowest BCUT2D eigenvalue weighted by Crippen LogP contribution is -2.37. The average Bonchev–Trinajstić information content (AvgIpc) is 2.68. The van der Waals surface area contributed by atoms with E-state index in [1.807, 2.05) is 13.1 Å². The van der Waals surface area contributed by atoms with E-state index in [4.69, 9.17) is 0 Å². The van der Waals surface area contributed by atoms with Crippen molar-refractivity contribution in [3.05, 3.63) is 29.6 Å². The minimum Gasteiger partial charge on any atom is -0.315 e. The van der Waals surface area contributed by atoms with Crippen molar-refractivity contribution in [1.29, 1.82) is 0 Å². The molecule has 2 atom stereocenters. The van der Waals surface area contributed by atoms with Crippen LogP contribution in [0.5, 0.6) is 0 Å². The normalized spacial score (nSPS) is 21.2. The number of sulfone groups is 1. The van der Waals surface area contributed by atoms with E-state index in [1.54, 1.807) is 6.20 Å². The molecular weight excluding hydrogens is 236 g/mol. The van der Waals surface area contributed by atoms with Gasteiger partial charge in [-0.3, -0.25) is 4.98 Å². The van der Waals surface area contributed by atoms with E-state index in [-0.39, 0.29) is 17.7 Å². The summed E-state index contributed by atoms with van der Waals surface area (Å²) in [5.74, 6) is 0.385. The van der Waals surface area contributed by atoms with Gasteiger partial charge in [-0.05, 0) is 31.5 Å². The number of pyridine rings is 1. The fraction of sp³-hybridized carbons (Fsp3) is 0.583. The standard InChI is InChI=1S/C12H18N2O2S/c1-13-11(8-17(2,15)16)10-6-5-9-4-3-7-14-12(9)10/h3-4,7,10-11,13H,5-6,8H2,1-2H3. The number of aryl methyl sites for hydroxylation is 1. The van der Waals surface area contributed by atoms with Gasteiger partial charge in [0.25, 0.3) is 0 Å². The van der Waals surface area contributed by atoms with Crippen LogP contribution in [0.4, 0.5) is 0 Å². The summed E-state index contributed by atoms with van der Waals surface area (Å²) >= 11 is 0. The molecule has 0 saturated heterocycles. The third kappa shape index (κ3) is 2.84. The Balaban J connectivity index is 2.23. The second kappa shape index (κ2) is 4.74. The van der Waals surface area contributed by atoms with Gasteiger partial charge in [0.15, 0.2) is 0 Å². The highest BCUT2D eigenvalue weighted by Crippen LogP contribution is 2.33. The van der Waals surface area contributed by atoms with Crippen molar-refractivity contribution in [1.82, 2.24) is 10.3 Å². The number of fused-ring (bicyclic) bond motifs is 1. The van der Waals surface area contributed by atoms with E-state index >= 15 is 0 Å². The first kappa shape index (κ1) is 12.5. The molecular formula is C12H18N2O2S. The van der Waals surface area contributed by atoms with Gasteiger partial charge in [0.2, 0.25) is 0 Å². The Hall–Kier alpha value is -0.940. The maximum absolute atomic E-state index is 11.4. The molecule has 0 fully saturated rings. The van der Waals surface area contributed by atoms with Crippen molar-refractivity contribution in [3.8, 4) is 0 Å². The van der Waals surface area contributed by atoms with E-state index < -0.39 is 9.84 Å². The second-order valence-corrected chi connectivity index (χ2v) is 6.87. The minimum absolute atomic E-state index is 0.0406. The first-order valence-electron chi connectivity index (χ1n) is 5.80. The van der Waals surface area contributed by atoms with E-state index in [0.29, 0.717) is 0 Å². The molecule has 1 aliphatic carbocycles. The summed E-state index contributed by atoms with van der Waals surface area (Å²) in [5, 5.41) is 3.12. The van der Waals surface area contributed by atoms with Crippen molar-refractivity contribution in [3.63, 3.8) is 0 Å². The van der Waals surface area contributed by atoms with Crippen LogP contribution in [0.1, 0.15) is 23.6 Å². The zero-order valence-corrected chi connectivity index (χ0v) is 11.0. The Kier molecular flexibility index (Phi) is 3.49. The van der Waals surface area contributed by atoms with E-state index in [1.165, 1.54) is 11.8 Å². The van der Waals surface area contributed by atoms with Crippen LogP contribution in [0, 0.1) is 0 Å². The highest BCUT2D eigenvalue weighted by Gasteiger charge is 2.31. The summed E-state index contributed by atoms with van der Waals surface area (Å²) in [6.45, 7) is 0. The number of nitrogens with zero attached hydrogens (tertiary/aromatic N) is 1. The van der Waals surface area contributed by atoms with Crippen LogP contribution < -0.4 is 5.32 Å². The van der Waals surface area contributed by atoms with E-state index in [2.05, 4.69) is 16.4 Å². The largest absolute Gasteiger partial charge is 0.315 e. The summed E-state index contributed by atoms with van der Waals surface area (Å²) in [7, 11) is -1.15. The van der Waals surface area contributed by atoms with Gasteiger partial charge < -0.3 is 5.32 Å². The lowest BCUT2D eigenvalue weighted by molar-refractivity contribution is 0.480. The molecule has 0 bridgehead atoms. The molecule has 1 aromatic rings. The first-order chi connectivity index (χ1) is 8.01. The molecule has 2 rings (SSSR count). The molecule has 5 heteroatoms.